The minimum absolute atomic E-state index is 0.824. The third-order valence-electron chi connectivity index (χ3n) is 3.56. The maximum atomic E-state index is 6.03. The number of nitrogen functional groups attached to an aromatic ring is 1. The minimum atomic E-state index is 0.824. The Morgan fingerprint density at radius 1 is 1.11 bits per heavy atom. The number of anilines is 1. The Labute approximate surface area is 112 Å². The third-order valence-corrected chi connectivity index (χ3v) is 3.56. The first kappa shape index (κ1) is 11.8. The standard InChI is InChI=1S/C17H17NO/c1-3-15-17(12-9-8-11(2)14(18)10-12)13-6-4-5-7-16(13)19-15/h4-10H,3,18H2,1-2H3. The van der Waals surface area contributed by atoms with Crippen molar-refractivity contribution in [1.29, 1.82) is 0 Å². The molecular weight excluding hydrogens is 234 g/mol. The zero-order valence-electron chi connectivity index (χ0n) is 11.2. The van der Waals surface area contributed by atoms with Gasteiger partial charge < -0.3 is 10.2 Å². The van der Waals surface area contributed by atoms with E-state index in [1.54, 1.807) is 0 Å². The van der Waals surface area contributed by atoms with Crippen LogP contribution in [0.4, 0.5) is 5.69 Å². The van der Waals surface area contributed by atoms with Gasteiger partial charge in [-0.05, 0) is 30.2 Å². The molecule has 0 aliphatic carbocycles. The van der Waals surface area contributed by atoms with Gasteiger partial charge in [-0.3, -0.25) is 0 Å². The van der Waals surface area contributed by atoms with Gasteiger partial charge in [0.05, 0.1) is 0 Å². The summed E-state index contributed by atoms with van der Waals surface area (Å²) in [5.41, 5.74) is 11.2. The predicted octanol–water partition coefficient (Wildman–Crippen LogP) is 4.55. The molecule has 2 nitrogen and oxygen atoms in total. The highest BCUT2D eigenvalue weighted by Crippen LogP contribution is 2.36. The Morgan fingerprint density at radius 2 is 1.89 bits per heavy atom. The lowest BCUT2D eigenvalue weighted by Gasteiger charge is -2.05. The molecule has 0 amide bonds. The topological polar surface area (TPSA) is 39.2 Å². The van der Waals surface area contributed by atoms with Gasteiger partial charge in [0.25, 0.3) is 0 Å². The molecule has 2 aromatic carbocycles. The molecule has 0 aliphatic rings. The zero-order valence-corrected chi connectivity index (χ0v) is 11.2. The summed E-state index contributed by atoms with van der Waals surface area (Å²) >= 11 is 0. The number of fused-ring (bicyclic) bond motifs is 1. The van der Waals surface area contributed by atoms with Gasteiger partial charge in [-0.25, -0.2) is 0 Å². The monoisotopic (exact) mass is 251 g/mol. The summed E-state index contributed by atoms with van der Waals surface area (Å²) in [7, 11) is 0. The van der Waals surface area contributed by atoms with Gasteiger partial charge in [-0.1, -0.05) is 37.3 Å². The number of hydrogen-bond acceptors (Lipinski definition) is 2. The van der Waals surface area contributed by atoms with E-state index in [0.29, 0.717) is 0 Å². The molecule has 0 fully saturated rings. The Hall–Kier alpha value is -2.22. The van der Waals surface area contributed by atoms with Crippen molar-refractivity contribution in [3.05, 3.63) is 53.8 Å². The summed E-state index contributed by atoms with van der Waals surface area (Å²) < 4.78 is 5.93. The van der Waals surface area contributed by atoms with Crippen LogP contribution < -0.4 is 5.73 Å². The van der Waals surface area contributed by atoms with Crippen LogP contribution in [0, 0.1) is 6.92 Å². The number of rotatable bonds is 2. The normalized spacial score (nSPS) is 11.1. The van der Waals surface area contributed by atoms with E-state index < -0.39 is 0 Å². The van der Waals surface area contributed by atoms with E-state index >= 15 is 0 Å². The van der Waals surface area contributed by atoms with Crippen LogP contribution in [0.3, 0.4) is 0 Å². The lowest BCUT2D eigenvalue weighted by atomic mass is 9.99. The van der Waals surface area contributed by atoms with E-state index in [2.05, 4.69) is 25.1 Å². The number of benzene rings is 2. The average molecular weight is 251 g/mol. The second kappa shape index (κ2) is 4.47. The molecule has 0 saturated heterocycles. The van der Waals surface area contributed by atoms with Crippen LogP contribution in [0.5, 0.6) is 0 Å². The quantitative estimate of drug-likeness (QED) is 0.678. The Balaban J connectivity index is 2.31. The Bertz CT molecular complexity index is 740. The van der Waals surface area contributed by atoms with Crippen LogP contribution in [0.1, 0.15) is 18.2 Å². The van der Waals surface area contributed by atoms with Crippen LogP contribution in [-0.2, 0) is 6.42 Å². The van der Waals surface area contributed by atoms with Crippen LogP contribution in [0.15, 0.2) is 46.9 Å². The highest BCUT2D eigenvalue weighted by Gasteiger charge is 2.14. The number of para-hydroxylation sites is 1. The van der Waals surface area contributed by atoms with Gasteiger partial charge >= 0.3 is 0 Å². The van der Waals surface area contributed by atoms with E-state index in [-0.39, 0.29) is 0 Å². The molecule has 1 heterocycles. The van der Waals surface area contributed by atoms with Gasteiger partial charge in [-0.15, -0.1) is 0 Å². The summed E-state index contributed by atoms with van der Waals surface area (Å²) in [5.74, 6) is 1.02. The summed E-state index contributed by atoms with van der Waals surface area (Å²) in [6, 6.07) is 14.4. The molecule has 96 valence electrons. The molecule has 0 unspecified atom stereocenters. The average Bonchev–Trinajstić information content (AvgIpc) is 2.80. The largest absolute Gasteiger partial charge is 0.460 e. The van der Waals surface area contributed by atoms with Gasteiger partial charge in [0.2, 0.25) is 0 Å². The SMILES string of the molecule is CCc1oc2ccccc2c1-c1ccc(C)c(N)c1. The first-order valence-corrected chi connectivity index (χ1v) is 6.57. The number of furan rings is 1. The van der Waals surface area contributed by atoms with Crippen molar-refractivity contribution in [1.82, 2.24) is 0 Å². The van der Waals surface area contributed by atoms with E-state index in [0.717, 1.165) is 40.0 Å². The molecule has 19 heavy (non-hydrogen) atoms. The molecule has 2 heteroatoms. The lowest BCUT2D eigenvalue weighted by Crippen LogP contribution is -1.90. The molecule has 3 rings (SSSR count). The number of hydrogen-bond donors (Lipinski definition) is 1. The van der Waals surface area contributed by atoms with Gasteiger partial charge in [0.1, 0.15) is 11.3 Å². The second-order valence-corrected chi connectivity index (χ2v) is 4.82. The van der Waals surface area contributed by atoms with Crippen molar-refractivity contribution < 1.29 is 4.42 Å². The first-order chi connectivity index (χ1) is 9.20. The van der Waals surface area contributed by atoms with Gasteiger partial charge in [-0.2, -0.15) is 0 Å². The summed E-state index contributed by atoms with van der Waals surface area (Å²) in [6.45, 7) is 4.13. The third kappa shape index (κ3) is 1.89. The molecule has 2 N–H and O–H groups in total. The summed E-state index contributed by atoms with van der Waals surface area (Å²) in [6.07, 6.45) is 0.873. The zero-order chi connectivity index (χ0) is 13.4. The van der Waals surface area contributed by atoms with Crippen molar-refractivity contribution in [2.75, 3.05) is 5.73 Å². The predicted molar refractivity (Wildman–Crippen MR) is 80.2 cm³/mol. The second-order valence-electron chi connectivity index (χ2n) is 4.82. The van der Waals surface area contributed by atoms with E-state index in [4.69, 9.17) is 10.2 Å². The lowest BCUT2D eigenvalue weighted by molar-refractivity contribution is 0.558. The molecule has 0 radical (unpaired) electrons. The Kier molecular flexibility index (Phi) is 2.79. The molecule has 0 spiro atoms. The maximum Gasteiger partial charge on any atom is 0.134 e. The van der Waals surface area contributed by atoms with Crippen molar-refractivity contribution in [3.63, 3.8) is 0 Å². The minimum Gasteiger partial charge on any atom is -0.460 e. The van der Waals surface area contributed by atoms with Gasteiger partial charge in [0, 0.05) is 23.1 Å². The number of aryl methyl sites for hydroxylation is 2. The molecular formula is C17H17NO. The molecule has 3 aromatic rings. The summed E-state index contributed by atoms with van der Waals surface area (Å²) in [4.78, 5) is 0. The highest BCUT2D eigenvalue weighted by molar-refractivity contribution is 5.96. The van der Waals surface area contributed by atoms with Gasteiger partial charge in [0.15, 0.2) is 0 Å². The maximum absolute atomic E-state index is 6.03. The fraction of sp³-hybridized carbons (Fsp3) is 0.176. The fourth-order valence-electron chi connectivity index (χ4n) is 2.46. The smallest absolute Gasteiger partial charge is 0.134 e. The van der Waals surface area contributed by atoms with Crippen molar-refractivity contribution in [3.8, 4) is 11.1 Å². The van der Waals surface area contributed by atoms with Crippen LogP contribution in [0.2, 0.25) is 0 Å². The Morgan fingerprint density at radius 3 is 2.63 bits per heavy atom. The van der Waals surface area contributed by atoms with E-state index in [1.165, 1.54) is 5.56 Å². The van der Waals surface area contributed by atoms with Crippen LogP contribution >= 0.6 is 0 Å². The molecule has 0 aliphatic heterocycles. The van der Waals surface area contributed by atoms with Crippen molar-refractivity contribution >= 4 is 16.7 Å². The molecule has 0 atom stereocenters. The van der Waals surface area contributed by atoms with E-state index in [1.807, 2.05) is 31.2 Å². The van der Waals surface area contributed by atoms with Crippen LogP contribution in [-0.4, -0.2) is 0 Å². The molecule has 0 saturated carbocycles. The fourth-order valence-corrected chi connectivity index (χ4v) is 2.46. The highest BCUT2D eigenvalue weighted by atomic mass is 16.3. The van der Waals surface area contributed by atoms with E-state index in [9.17, 15) is 0 Å². The first-order valence-electron chi connectivity index (χ1n) is 6.57. The summed E-state index contributed by atoms with van der Waals surface area (Å²) in [5, 5.41) is 1.16. The molecule has 1 aromatic heterocycles. The van der Waals surface area contributed by atoms with Crippen molar-refractivity contribution in [2.45, 2.75) is 20.3 Å². The van der Waals surface area contributed by atoms with Crippen LogP contribution in [0.25, 0.3) is 22.1 Å². The van der Waals surface area contributed by atoms with Crippen molar-refractivity contribution in [2.24, 2.45) is 0 Å². The molecule has 0 bridgehead atoms. The number of nitrogens with two attached hydrogens (primary N) is 1.